The van der Waals surface area contributed by atoms with Crippen molar-refractivity contribution in [1.82, 2.24) is 20.1 Å². The SMILES string of the molecule is Cc1cc(C)c2c(OCC(=O)N[C@@H]3C[C@H]4CC[C@H]3O4)nn(C)c2n1. The van der Waals surface area contributed by atoms with E-state index in [0.717, 1.165) is 41.6 Å². The second-order valence-corrected chi connectivity index (χ2v) is 6.78. The molecular formula is C17H22N4O3. The molecule has 4 heterocycles. The van der Waals surface area contributed by atoms with Gasteiger partial charge in [0.1, 0.15) is 0 Å². The Hall–Kier alpha value is -2.15. The summed E-state index contributed by atoms with van der Waals surface area (Å²) < 4.78 is 13.1. The number of rotatable bonds is 4. The quantitative estimate of drug-likeness (QED) is 0.917. The van der Waals surface area contributed by atoms with Gasteiger partial charge in [-0.05, 0) is 44.7 Å². The first kappa shape index (κ1) is 15.4. The van der Waals surface area contributed by atoms with E-state index in [2.05, 4.69) is 15.4 Å². The summed E-state index contributed by atoms with van der Waals surface area (Å²) in [6.07, 6.45) is 3.54. The summed E-state index contributed by atoms with van der Waals surface area (Å²) in [5, 5.41) is 8.24. The maximum absolute atomic E-state index is 12.2. The van der Waals surface area contributed by atoms with Gasteiger partial charge in [0.05, 0.1) is 23.6 Å². The van der Waals surface area contributed by atoms with Gasteiger partial charge in [0.15, 0.2) is 12.3 Å². The Kier molecular flexibility index (Phi) is 3.68. The molecule has 7 heteroatoms. The van der Waals surface area contributed by atoms with Crippen LogP contribution in [0.4, 0.5) is 0 Å². The fourth-order valence-corrected chi connectivity index (χ4v) is 3.82. The van der Waals surface area contributed by atoms with Crippen molar-refractivity contribution in [2.75, 3.05) is 6.61 Å². The van der Waals surface area contributed by atoms with Crippen molar-refractivity contribution in [3.8, 4) is 5.88 Å². The van der Waals surface area contributed by atoms with E-state index < -0.39 is 0 Å². The molecule has 7 nitrogen and oxygen atoms in total. The standard InChI is InChI=1S/C17H22N4O3/c1-9-6-10(2)18-16-15(9)17(20-21(16)3)23-8-14(22)19-12-7-11-4-5-13(12)24-11/h6,11-13H,4-5,7-8H2,1-3H3,(H,19,22)/t11-,12-,13-/m1/s1. The lowest BCUT2D eigenvalue weighted by atomic mass is 9.95. The molecule has 2 saturated heterocycles. The van der Waals surface area contributed by atoms with Crippen LogP contribution >= 0.6 is 0 Å². The highest BCUT2D eigenvalue weighted by atomic mass is 16.5. The fraction of sp³-hybridized carbons (Fsp3) is 0.588. The van der Waals surface area contributed by atoms with Crippen molar-refractivity contribution in [2.24, 2.45) is 7.05 Å². The number of carbonyl (C=O) groups excluding carboxylic acids is 1. The molecule has 2 bridgehead atoms. The van der Waals surface area contributed by atoms with Gasteiger partial charge in [-0.1, -0.05) is 0 Å². The predicted molar refractivity (Wildman–Crippen MR) is 87.9 cm³/mol. The topological polar surface area (TPSA) is 78.3 Å². The van der Waals surface area contributed by atoms with Crippen LogP contribution in [0.3, 0.4) is 0 Å². The minimum atomic E-state index is -0.132. The number of nitrogens with zero attached hydrogens (tertiary/aromatic N) is 3. The molecule has 1 N–H and O–H groups in total. The average molecular weight is 330 g/mol. The molecule has 2 aliphatic rings. The van der Waals surface area contributed by atoms with Crippen molar-refractivity contribution in [3.05, 3.63) is 17.3 Å². The van der Waals surface area contributed by atoms with Crippen molar-refractivity contribution < 1.29 is 14.3 Å². The maximum Gasteiger partial charge on any atom is 0.258 e. The van der Waals surface area contributed by atoms with Gasteiger partial charge in [-0.3, -0.25) is 4.79 Å². The van der Waals surface area contributed by atoms with Crippen molar-refractivity contribution in [1.29, 1.82) is 0 Å². The molecule has 24 heavy (non-hydrogen) atoms. The first-order valence-electron chi connectivity index (χ1n) is 8.40. The molecule has 0 spiro atoms. The highest BCUT2D eigenvalue weighted by Gasteiger charge is 2.41. The molecule has 0 radical (unpaired) electrons. The maximum atomic E-state index is 12.2. The Morgan fingerprint density at radius 1 is 1.46 bits per heavy atom. The van der Waals surface area contributed by atoms with E-state index in [9.17, 15) is 4.79 Å². The molecule has 0 saturated carbocycles. The molecular weight excluding hydrogens is 308 g/mol. The van der Waals surface area contributed by atoms with Crippen LogP contribution in [0.5, 0.6) is 5.88 Å². The predicted octanol–water partition coefficient (Wildman–Crippen LogP) is 1.40. The zero-order chi connectivity index (χ0) is 16.8. The lowest BCUT2D eigenvalue weighted by Crippen LogP contribution is -2.43. The number of pyridine rings is 1. The zero-order valence-electron chi connectivity index (χ0n) is 14.2. The molecule has 0 unspecified atom stereocenters. The molecule has 0 aliphatic carbocycles. The van der Waals surface area contributed by atoms with E-state index in [4.69, 9.17) is 9.47 Å². The van der Waals surface area contributed by atoms with Gasteiger partial charge in [0, 0.05) is 12.7 Å². The van der Waals surface area contributed by atoms with Crippen LogP contribution in [0.25, 0.3) is 11.0 Å². The summed E-state index contributed by atoms with van der Waals surface area (Å²) >= 11 is 0. The van der Waals surface area contributed by atoms with Crippen molar-refractivity contribution >= 4 is 16.9 Å². The number of nitrogens with one attached hydrogen (secondary N) is 1. The van der Waals surface area contributed by atoms with E-state index in [1.54, 1.807) is 4.68 Å². The van der Waals surface area contributed by atoms with Crippen molar-refractivity contribution in [2.45, 2.75) is 51.4 Å². The van der Waals surface area contributed by atoms with Crippen LogP contribution in [0.2, 0.25) is 0 Å². The average Bonchev–Trinajstić information content (AvgIpc) is 3.20. The highest BCUT2D eigenvalue weighted by Crippen LogP contribution is 2.34. The van der Waals surface area contributed by atoms with Gasteiger partial charge < -0.3 is 14.8 Å². The van der Waals surface area contributed by atoms with E-state index in [1.165, 1.54) is 0 Å². The van der Waals surface area contributed by atoms with Gasteiger partial charge >= 0.3 is 0 Å². The van der Waals surface area contributed by atoms with E-state index in [1.807, 2.05) is 27.0 Å². The summed E-state index contributed by atoms with van der Waals surface area (Å²) in [5.74, 6) is 0.324. The van der Waals surface area contributed by atoms with E-state index in [0.29, 0.717) is 12.0 Å². The molecule has 0 aromatic carbocycles. The van der Waals surface area contributed by atoms with E-state index in [-0.39, 0.29) is 24.7 Å². The van der Waals surface area contributed by atoms with Crippen LogP contribution in [0.15, 0.2) is 6.07 Å². The molecule has 2 aliphatic heterocycles. The minimum Gasteiger partial charge on any atom is -0.466 e. The van der Waals surface area contributed by atoms with Crippen LogP contribution in [0, 0.1) is 13.8 Å². The van der Waals surface area contributed by atoms with Gasteiger partial charge in [0.25, 0.3) is 5.91 Å². The third-order valence-corrected chi connectivity index (χ3v) is 4.88. The van der Waals surface area contributed by atoms with Crippen LogP contribution in [-0.2, 0) is 16.6 Å². The molecule has 3 atom stereocenters. The number of aromatic nitrogens is 3. The van der Waals surface area contributed by atoms with E-state index >= 15 is 0 Å². The number of carbonyl (C=O) groups is 1. The first-order valence-corrected chi connectivity index (χ1v) is 8.40. The van der Waals surface area contributed by atoms with Crippen LogP contribution < -0.4 is 10.1 Å². The smallest absolute Gasteiger partial charge is 0.258 e. The first-order chi connectivity index (χ1) is 11.5. The number of hydrogen-bond donors (Lipinski definition) is 1. The lowest BCUT2D eigenvalue weighted by Gasteiger charge is -2.19. The third-order valence-electron chi connectivity index (χ3n) is 4.88. The largest absolute Gasteiger partial charge is 0.466 e. The molecule has 2 aromatic rings. The monoisotopic (exact) mass is 330 g/mol. The Morgan fingerprint density at radius 3 is 3.00 bits per heavy atom. The minimum absolute atomic E-state index is 0.0483. The van der Waals surface area contributed by atoms with Crippen LogP contribution in [-0.4, -0.2) is 45.5 Å². The Bertz CT molecular complexity index is 801. The molecule has 128 valence electrons. The summed E-state index contributed by atoms with van der Waals surface area (Å²) in [5.41, 5.74) is 2.75. The fourth-order valence-electron chi connectivity index (χ4n) is 3.82. The van der Waals surface area contributed by atoms with Gasteiger partial charge in [0.2, 0.25) is 5.88 Å². The van der Waals surface area contributed by atoms with Gasteiger partial charge in [-0.2, -0.15) is 0 Å². The Labute approximate surface area is 140 Å². The normalized spacial score (nSPS) is 25.4. The van der Waals surface area contributed by atoms with Crippen molar-refractivity contribution in [3.63, 3.8) is 0 Å². The summed E-state index contributed by atoms with van der Waals surface area (Å²) in [6, 6.07) is 2.11. The number of fused-ring (bicyclic) bond motifs is 3. The Morgan fingerprint density at radius 2 is 2.29 bits per heavy atom. The summed E-state index contributed by atoms with van der Waals surface area (Å²) in [6.45, 7) is 3.90. The number of amides is 1. The second kappa shape index (κ2) is 5.73. The summed E-state index contributed by atoms with van der Waals surface area (Å²) in [7, 11) is 1.83. The molecule has 2 aromatic heterocycles. The lowest BCUT2D eigenvalue weighted by molar-refractivity contribution is -0.124. The third kappa shape index (κ3) is 2.62. The van der Waals surface area contributed by atoms with Gasteiger partial charge in [-0.15, -0.1) is 5.10 Å². The number of ether oxygens (including phenoxy) is 2. The van der Waals surface area contributed by atoms with Crippen LogP contribution in [0.1, 0.15) is 30.5 Å². The number of aryl methyl sites for hydroxylation is 3. The zero-order valence-corrected chi connectivity index (χ0v) is 14.2. The highest BCUT2D eigenvalue weighted by molar-refractivity contribution is 5.85. The number of hydrogen-bond acceptors (Lipinski definition) is 5. The molecule has 2 fully saturated rings. The summed E-state index contributed by atoms with van der Waals surface area (Å²) in [4.78, 5) is 16.7. The Balaban J connectivity index is 1.44. The molecule has 4 rings (SSSR count). The molecule has 1 amide bonds. The van der Waals surface area contributed by atoms with Gasteiger partial charge in [-0.25, -0.2) is 9.67 Å². The second-order valence-electron chi connectivity index (χ2n) is 6.78.